The molecule has 1 aromatic carbocycles. The molecule has 2 heterocycles. The lowest BCUT2D eigenvalue weighted by atomic mass is 9.77. The Morgan fingerprint density at radius 2 is 2.11 bits per heavy atom. The standard InChI is InChI=1S/C16H22N2O/c1-11-15(13-7-3-4-8-14(13)18-11)16(2,19)12-6-5-9-17-10-12/h3-4,7-8,12,17-19H,5-6,9-10H2,1-2H3. The fourth-order valence-corrected chi connectivity index (χ4v) is 3.46. The zero-order valence-electron chi connectivity index (χ0n) is 11.7. The third kappa shape index (κ3) is 2.07. The van der Waals surface area contributed by atoms with Crippen molar-refractivity contribution >= 4 is 10.9 Å². The number of benzene rings is 1. The van der Waals surface area contributed by atoms with Crippen LogP contribution in [0.4, 0.5) is 0 Å². The van der Waals surface area contributed by atoms with E-state index in [1.807, 2.05) is 19.1 Å². The molecule has 0 amide bonds. The molecule has 2 atom stereocenters. The maximum atomic E-state index is 11.1. The number of rotatable bonds is 2. The van der Waals surface area contributed by atoms with Gasteiger partial charge in [-0.25, -0.2) is 0 Å². The van der Waals surface area contributed by atoms with Crippen molar-refractivity contribution in [2.75, 3.05) is 13.1 Å². The fraction of sp³-hybridized carbons (Fsp3) is 0.500. The number of aromatic amines is 1. The highest BCUT2D eigenvalue weighted by Crippen LogP contribution is 2.39. The van der Waals surface area contributed by atoms with E-state index in [0.717, 1.165) is 48.1 Å². The normalized spacial score (nSPS) is 23.4. The minimum absolute atomic E-state index is 0.277. The molecule has 1 saturated heterocycles. The van der Waals surface area contributed by atoms with Crippen LogP contribution in [0.3, 0.4) is 0 Å². The number of nitrogens with one attached hydrogen (secondary N) is 2. The van der Waals surface area contributed by atoms with E-state index in [1.54, 1.807) is 0 Å². The van der Waals surface area contributed by atoms with Crippen molar-refractivity contribution in [2.45, 2.75) is 32.3 Å². The highest BCUT2D eigenvalue weighted by atomic mass is 16.3. The predicted octanol–water partition coefficient (Wildman–Crippen LogP) is 2.68. The van der Waals surface area contributed by atoms with Crippen molar-refractivity contribution in [3.05, 3.63) is 35.5 Å². The molecule has 1 aliphatic heterocycles. The Labute approximate surface area is 114 Å². The lowest BCUT2D eigenvalue weighted by Crippen LogP contribution is -2.42. The maximum Gasteiger partial charge on any atom is 0.0931 e. The second-order valence-corrected chi connectivity index (χ2v) is 5.86. The molecule has 2 unspecified atom stereocenters. The third-order valence-electron chi connectivity index (χ3n) is 4.49. The molecule has 0 spiro atoms. The summed E-state index contributed by atoms with van der Waals surface area (Å²) in [4.78, 5) is 3.39. The van der Waals surface area contributed by atoms with Crippen molar-refractivity contribution in [3.63, 3.8) is 0 Å². The molecule has 3 N–H and O–H groups in total. The van der Waals surface area contributed by atoms with Crippen molar-refractivity contribution in [2.24, 2.45) is 5.92 Å². The summed E-state index contributed by atoms with van der Waals surface area (Å²) in [6, 6.07) is 8.23. The highest BCUT2D eigenvalue weighted by Gasteiger charge is 2.37. The zero-order chi connectivity index (χ0) is 13.5. The molecule has 0 bridgehead atoms. The molecular formula is C16H22N2O. The second-order valence-electron chi connectivity index (χ2n) is 5.86. The van der Waals surface area contributed by atoms with Crippen LogP contribution < -0.4 is 5.32 Å². The molecule has 3 nitrogen and oxygen atoms in total. The summed E-state index contributed by atoms with van der Waals surface area (Å²) in [6.07, 6.45) is 2.22. The molecule has 0 radical (unpaired) electrons. The predicted molar refractivity (Wildman–Crippen MR) is 78.2 cm³/mol. The van der Waals surface area contributed by atoms with Gasteiger partial charge in [0.2, 0.25) is 0 Å². The lowest BCUT2D eigenvalue weighted by Gasteiger charge is -2.36. The molecule has 1 aromatic heterocycles. The third-order valence-corrected chi connectivity index (χ3v) is 4.49. The SMILES string of the molecule is Cc1[nH]c2ccccc2c1C(C)(O)C1CCCNC1. The van der Waals surface area contributed by atoms with Crippen LogP contribution >= 0.6 is 0 Å². The van der Waals surface area contributed by atoms with Gasteiger partial charge in [0.1, 0.15) is 0 Å². The van der Waals surface area contributed by atoms with Crippen LogP contribution in [0.1, 0.15) is 31.0 Å². The topological polar surface area (TPSA) is 48.0 Å². The first-order valence-electron chi connectivity index (χ1n) is 7.11. The zero-order valence-corrected chi connectivity index (χ0v) is 11.7. The van der Waals surface area contributed by atoms with Gasteiger partial charge in [0.15, 0.2) is 0 Å². The van der Waals surface area contributed by atoms with Crippen LogP contribution in [-0.2, 0) is 5.60 Å². The Hall–Kier alpha value is -1.32. The second kappa shape index (κ2) is 4.66. The van der Waals surface area contributed by atoms with Gasteiger partial charge in [-0.3, -0.25) is 0 Å². The summed E-state index contributed by atoms with van der Waals surface area (Å²) in [7, 11) is 0. The molecule has 0 saturated carbocycles. The van der Waals surface area contributed by atoms with Crippen LogP contribution in [-0.4, -0.2) is 23.2 Å². The quantitative estimate of drug-likeness (QED) is 0.775. The van der Waals surface area contributed by atoms with E-state index < -0.39 is 5.60 Å². The van der Waals surface area contributed by atoms with Crippen LogP contribution in [0.15, 0.2) is 24.3 Å². The average molecular weight is 258 g/mol. The van der Waals surface area contributed by atoms with Crippen molar-refractivity contribution < 1.29 is 5.11 Å². The van der Waals surface area contributed by atoms with Crippen molar-refractivity contribution in [1.29, 1.82) is 0 Å². The molecule has 1 fully saturated rings. The van der Waals surface area contributed by atoms with E-state index in [-0.39, 0.29) is 5.92 Å². The van der Waals surface area contributed by atoms with Gasteiger partial charge in [0.25, 0.3) is 0 Å². The van der Waals surface area contributed by atoms with Gasteiger partial charge in [-0.15, -0.1) is 0 Å². The number of hydrogen-bond donors (Lipinski definition) is 3. The van der Waals surface area contributed by atoms with Gasteiger partial charge in [-0.2, -0.15) is 0 Å². The van der Waals surface area contributed by atoms with Crippen molar-refractivity contribution in [1.82, 2.24) is 10.3 Å². The number of aliphatic hydroxyl groups is 1. The lowest BCUT2D eigenvalue weighted by molar-refractivity contribution is -0.0148. The number of fused-ring (bicyclic) bond motifs is 1. The summed E-state index contributed by atoms with van der Waals surface area (Å²) >= 11 is 0. The van der Waals surface area contributed by atoms with E-state index in [4.69, 9.17) is 0 Å². The summed E-state index contributed by atoms with van der Waals surface area (Å²) in [5.41, 5.74) is 2.48. The number of aryl methyl sites for hydroxylation is 1. The molecule has 3 rings (SSSR count). The maximum absolute atomic E-state index is 11.1. The summed E-state index contributed by atoms with van der Waals surface area (Å²) in [5, 5.41) is 15.7. The Balaban J connectivity index is 2.09. The van der Waals surface area contributed by atoms with Crippen LogP contribution in [0.5, 0.6) is 0 Å². The molecule has 0 aliphatic carbocycles. The number of hydrogen-bond acceptors (Lipinski definition) is 2. The highest BCUT2D eigenvalue weighted by molar-refractivity contribution is 5.85. The summed E-state index contributed by atoms with van der Waals surface area (Å²) in [6.45, 7) is 5.98. The Bertz CT molecular complexity index is 579. The fourth-order valence-electron chi connectivity index (χ4n) is 3.46. The number of aromatic nitrogens is 1. The van der Waals surface area contributed by atoms with Crippen LogP contribution in [0.25, 0.3) is 10.9 Å². The van der Waals surface area contributed by atoms with E-state index in [9.17, 15) is 5.11 Å². The van der Waals surface area contributed by atoms with E-state index >= 15 is 0 Å². The smallest absolute Gasteiger partial charge is 0.0931 e. The van der Waals surface area contributed by atoms with Gasteiger partial charge in [0, 0.05) is 34.6 Å². The average Bonchev–Trinajstić information content (AvgIpc) is 2.76. The van der Waals surface area contributed by atoms with Crippen molar-refractivity contribution in [3.8, 4) is 0 Å². The first-order valence-corrected chi connectivity index (χ1v) is 7.11. The first kappa shape index (κ1) is 12.7. The van der Waals surface area contributed by atoms with E-state index in [1.165, 1.54) is 0 Å². The molecule has 102 valence electrons. The van der Waals surface area contributed by atoms with Crippen LogP contribution in [0.2, 0.25) is 0 Å². The number of piperidine rings is 1. The number of H-pyrrole nitrogens is 1. The van der Waals surface area contributed by atoms with Gasteiger partial charge < -0.3 is 15.4 Å². The van der Waals surface area contributed by atoms with Gasteiger partial charge >= 0.3 is 0 Å². The van der Waals surface area contributed by atoms with Gasteiger partial charge in [-0.05, 0) is 39.3 Å². The molecule has 1 aliphatic rings. The van der Waals surface area contributed by atoms with Gasteiger partial charge in [-0.1, -0.05) is 18.2 Å². The first-order chi connectivity index (χ1) is 9.10. The Kier molecular flexibility index (Phi) is 3.11. The van der Waals surface area contributed by atoms with E-state index in [2.05, 4.69) is 29.4 Å². The van der Waals surface area contributed by atoms with Gasteiger partial charge in [0.05, 0.1) is 5.60 Å². The van der Waals surface area contributed by atoms with E-state index in [0.29, 0.717) is 0 Å². The molecule has 2 aromatic rings. The number of para-hydroxylation sites is 1. The Morgan fingerprint density at radius 3 is 2.84 bits per heavy atom. The molecule has 3 heteroatoms. The minimum atomic E-state index is -0.781. The van der Waals surface area contributed by atoms with Crippen LogP contribution in [0, 0.1) is 12.8 Å². The minimum Gasteiger partial charge on any atom is -0.385 e. The Morgan fingerprint density at radius 1 is 1.32 bits per heavy atom. The summed E-state index contributed by atoms with van der Waals surface area (Å²) in [5.74, 6) is 0.277. The molecular weight excluding hydrogens is 236 g/mol. The summed E-state index contributed by atoms with van der Waals surface area (Å²) < 4.78 is 0. The monoisotopic (exact) mass is 258 g/mol. The molecule has 19 heavy (non-hydrogen) atoms. The largest absolute Gasteiger partial charge is 0.385 e.